The molecular weight excluding hydrogens is 785 g/mol. The zero-order valence-corrected chi connectivity index (χ0v) is 35.5. The number of hydrogen-bond donors (Lipinski definition) is 0. The molecule has 1 aromatic heterocycles. The summed E-state index contributed by atoms with van der Waals surface area (Å²) < 4.78 is 7.14. The first kappa shape index (κ1) is 37.1. The van der Waals surface area contributed by atoms with E-state index in [4.69, 9.17) is 4.42 Å². The molecule has 1 heterocycles. The van der Waals surface area contributed by atoms with Crippen LogP contribution in [0.5, 0.6) is 0 Å². The Morgan fingerprint density at radius 1 is 0.200 bits per heavy atom. The van der Waals surface area contributed by atoms with Crippen LogP contribution >= 0.6 is 0 Å². The van der Waals surface area contributed by atoms with Gasteiger partial charge in [-0.25, -0.2) is 0 Å². The first-order valence-corrected chi connectivity index (χ1v) is 22.4. The molecule has 12 aromatic carbocycles. The fourth-order valence-corrected chi connectivity index (χ4v) is 10.6. The summed E-state index contributed by atoms with van der Waals surface area (Å²) in [6.45, 7) is 0. The Morgan fingerprint density at radius 2 is 0.569 bits per heavy atom. The topological polar surface area (TPSA) is 13.1 Å². The second kappa shape index (κ2) is 15.1. The van der Waals surface area contributed by atoms with Crippen LogP contribution in [0.2, 0.25) is 0 Å². The minimum absolute atomic E-state index is 0.875. The third-order valence-electron chi connectivity index (χ3n) is 13.4. The summed E-state index contributed by atoms with van der Waals surface area (Å²) in [6.07, 6.45) is 0. The van der Waals surface area contributed by atoms with Crippen molar-refractivity contribution in [3.05, 3.63) is 243 Å². The van der Waals surface area contributed by atoms with Crippen molar-refractivity contribution in [1.82, 2.24) is 0 Å². The van der Waals surface area contributed by atoms with Crippen molar-refractivity contribution in [2.75, 3.05) is 0 Å². The summed E-state index contributed by atoms with van der Waals surface area (Å²) in [7, 11) is 0. The molecule has 13 rings (SSSR count). The number of hydrogen-bond acceptors (Lipinski definition) is 1. The Hall–Kier alpha value is -8.52. The van der Waals surface area contributed by atoms with Gasteiger partial charge in [0.1, 0.15) is 11.2 Å². The van der Waals surface area contributed by atoms with Crippen LogP contribution in [0.1, 0.15) is 0 Å². The normalized spacial score (nSPS) is 11.7. The van der Waals surface area contributed by atoms with Crippen molar-refractivity contribution in [2.24, 2.45) is 0 Å². The number of benzene rings is 12. The molecule has 0 radical (unpaired) electrons. The molecule has 0 atom stereocenters. The molecular formula is C64H40O. The molecule has 0 aliphatic heterocycles. The van der Waals surface area contributed by atoms with Gasteiger partial charge in [0.15, 0.2) is 0 Å². The summed E-state index contributed by atoms with van der Waals surface area (Å²) in [4.78, 5) is 0. The zero-order chi connectivity index (χ0) is 42.8. The lowest BCUT2D eigenvalue weighted by Crippen LogP contribution is -1.92. The molecule has 0 amide bonds. The lowest BCUT2D eigenvalue weighted by atomic mass is 9.84. The molecule has 0 aliphatic rings. The van der Waals surface area contributed by atoms with Crippen LogP contribution in [0.3, 0.4) is 0 Å². The predicted molar refractivity (Wildman–Crippen MR) is 276 cm³/mol. The minimum atomic E-state index is 0.875. The minimum Gasteiger partial charge on any atom is -0.455 e. The van der Waals surface area contributed by atoms with Crippen molar-refractivity contribution < 1.29 is 4.42 Å². The number of furan rings is 1. The van der Waals surface area contributed by atoms with Crippen molar-refractivity contribution in [3.8, 4) is 66.8 Å². The van der Waals surface area contributed by atoms with Gasteiger partial charge in [0.2, 0.25) is 0 Å². The van der Waals surface area contributed by atoms with Gasteiger partial charge < -0.3 is 4.42 Å². The van der Waals surface area contributed by atoms with E-state index in [1.54, 1.807) is 0 Å². The van der Waals surface area contributed by atoms with Gasteiger partial charge in [-0.2, -0.15) is 0 Å². The predicted octanol–water partition coefficient (Wildman–Crippen LogP) is 18.2. The van der Waals surface area contributed by atoms with E-state index < -0.39 is 0 Å². The lowest BCUT2D eigenvalue weighted by Gasteiger charge is -2.19. The van der Waals surface area contributed by atoms with E-state index in [1.165, 1.54) is 98.7 Å². The largest absolute Gasteiger partial charge is 0.455 e. The van der Waals surface area contributed by atoms with Gasteiger partial charge in [-0.3, -0.25) is 0 Å². The highest BCUT2D eigenvalue weighted by Crippen LogP contribution is 2.49. The molecule has 0 saturated heterocycles. The van der Waals surface area contributed by atoms with Gasteiger partial charge in [0.25, 0.3) is 0 Å². The molecule has 0 spiro atoms. The van der Waals surface area contributed by atoms with Gasteiger partial charge >= 0.3 is 0 Å². The van der Waals surface area contributed by atoms with Crippen molar-refractivity contribution in [1.29, 1.82) is 0 Å². The first-order valence-electron chi connectivity index (χ1n) is 22.4. The van der Waals surface area contributed by atoms with Gasteiger partial charge in [-0.15, -0.1) is 0 Å². The number of para-hydroxylation sites is 1. The smallest absolute Gasteiger partial charge is 0.143 e. The highest BCUT2D eigenvalue weighted by atomic mass is 16.3. The van der Waals surface area contributed by atoms with E-state index in [2.05, 4.69) is 243 Å². The Labute approximate surface area is 377 Å². The first-order chi connectivity index (χ1) is 32.3. The molecule has 13 aromatic rings. The highest BCUT2D eigenvalue weighted by Gasteiger charge is 2.22. The van der Waals surface area contributed by atoms with Crippen LogP contribution in [-0.4, -0.2) is 0 Å². The third kappa shape index (κ3) is 6.01. The maximum absolute atomic E-state index is 7.14. The van der Waals surface area contributed by atoms with Crippen molar-refractivity contribution >= 4 is 65.0 Å². The summed E-state index contributed by atoms with van der Waals surface area (Å²) in [5.41, 5.74) is 16.1. The fraction of sp³-hybridized carbons (Fsp3) is 0. The lowest BCUT2D eigenvalue weighted by molar-refractivity contribution is 0.670. The average molecular weight is 825 g/mol. The van der Waals surface area contributed by atoms with E-state index in [1.807, 2.05) is 0 Å². The van der Waals surface area contributed by atoms with Crippen molar-refractivity contribution in [2.45, 2.75) is 0 Å². The number of fused-ring (bicyclic) bond motifs is 7. The van der Waals surface area contributed by atoms with Gasteiger partial charge in [-0.05, 0) is 129 Å². The molecule has 0 N–H and O–H groups in total. The fourth-order valence-electron chi connectivity index (χ4n) is 10.6. The molecule has 1 heteroatoms. The van der Waals surface area contributed by atoms with Crippen molar-refractivity contribution in [3.63, 3.8) is 0 Å². The molecule has 0 unspecified atom stereocenters. The van der Waals surface area contributed by atoms with Crippen LogP contribution in [0.4, 0.5) is 0 Å². The monoisotopic (exact) mass is 824 g/mol. The van der Waals surface area contributed by atoms with Gasteiger partial charge in [-0.1, -0.05) is 212 Å². The summed E-state index contributed by atoms with van der Waals surface area (Å²) in [5, 5.41) is 12.0. The maximum atomic E-state index is 7.14. The Balaban J connectivity index is 1.03. The molecule has 0 aliphatic carbocycles. The third-order valence-corrected chi connectivity index (χ3v) is 13.4. The van der Waals surface area contributed by atoms with Gasteiger partial charge in [0, 0.05) is 21.9 Å². The van der Waals surface area contributed by atoms with E-state index in [0.717, 1.165) is 33.1 Å². The highest BCUT2D eigenvalue weighted by molar-refractivity contribution is 6.25. The molecule has 0 fully saturated rings. The van der Waals surface area contributed by atoms with Crippen LogP contribution in [0, 0.1) is 0 Å². The SMILES string of the molecule is c1ccc(-c2cc(-c3ccccc3)cc(-c3c4ccccc4c(-c4ccc5c(c4)oc4c(-c6c7ccccc7c(-c7ccccc7)c7ccccc67)cccc45)c4ccccc34)c2)cc1. The van der Waals surface area contributed by atoms with E-state index in [9.17, 15) is 0 Å². The molecule has 0 bridgehead atoms. The quantitative estimate of drug-likeness (QED) is 0.152. The second-order valence-electron chi connectivity index (χ2n) is 17.1. The standard InChI is InChI=1S/C64H40O/c1-4-19-41(20-5-1)45-37-46(42-21-6-2-7-22-42)39-47(38-45)62-51-27-12-10-25-49(51)61(50-26-11-13-28-52(50)62)44-35-36-48-57-33-18-34-58(64(57)65-59(48)40-44)63-55-31-16-14-29-53(55)60(43-23-8-3-9-24-43)54-30-15-17-32-56(54)63/h1-40H. The Bertz CT molecular complexity index is 3800. The molecule has 302 valence electrons. The second-order valence-corrected chi connectivity index (χ2v) is 17.1. The maximum Gasteiger partial charge on any atom is 0.143 e. The van der Waals surface area contributed by atoms with Crippen LogP contribution in [0.15, 0.2) is 247 Å². The summed E-state index contributed by atoms with van der Waals surface area (Å²) >= 11 is 0. The van der Waals surface area contributed by atoms with E-state index in [-0.39, 0.29) is 0 Å². The molecule has 1 nitrogen and oxygen atoms in total. The Kier molecular flexibility index (Phi) is 8.60. The van der Waals surface area contributed by atoms with Gasteiger partial charge in [0.05, 0.1) is 0 Å². The zero-order valence-electron chi connectivity index (χ0n) is 35.5. The van der Waals surface area contributed by atoms with E-state index in [0.29, 0.717) is 0 Å². The summed E-state index contributed by atoms with van der Waals surface area (Å²) in [5.74, 6) is 0. The summed E-state index contributed by atoms with van der Waals surface area (Å²) in [6, 6.07) is 88.3. The molecule has 0 saturated carbocycles. The van der Waals surface area contributed by atoms with Crippen LogP contribution in [0.25, 0.3) is 132 Å². The van der Waals surface area contributed by atoms with Crippen LogP contribution in [-0.2, 0) is 0 Å². The number of rotatable bonds is 6. The Morgan fingerprint density at radius 3 is 1.05 bits per heavy atom. The van der Waals surface area contributed by atoms with Crippen LogP contribution < -0.4 is 0 Å². The van der Waals surface area contributed by atoms with E-state index >= 15 is 0 Å². The average Bonchev–Trinajstić information content (AvgIpc) is 3.76. The molecule has 65 heavy (non-hydrogen) atoms.